The summed E-state index contributed by atoms with van der Waals surface area (Å²) < 4.78 is 153. The van der Waals surface area contributed by atoms with Crippen molar-refractivity contribution in [2.45, 2.75) is 341 Å². The first-order valence-corrected chi connectivity index (χ1v) is 41.0. The largest absolute Gasteiger partial charge is 0.397 e. The fourth-order valence-corrected chi connectivity index (χ4v) is 16.3. The highest BCUT2D eigenvalue weighted by atomic mass is 32.3. The minimum absolute atomic E-state index is 0.821. The maximum Gasteiger partial charge on any atom is 0.397 e. The van der Waals surface area contributed by atoms with Crippen molar-refractivity contribution >= 4 is 34.0 Å². The maximum atomic E-state index is 13.6. The number of nitrogens with one attached hydrogen (secondary N) is 4. The van der Waals surface area contributed by atoms with E-state index in [9.17, 15) is 165 Å². The van der Waals surface area contributed by atoms with Crippen LogP contribution in [0.5, 0.6) is 0 Å². The van der Waals surface area contributed by atoms with Crippen LogP contribution in [0.3, 0.4) is 0 Å². The predicted octanol–water partition coefficient (Wildman–Crippen LogP) is -21.4. The highest BCUT2D eigenvalue weighted by molar-refractivity contribution is 7.80. The SMILES string of the molecule is CC(=O)N[C@@H]1[C@@H](O)[C@H](O[C@@H]2O[C@H](CO)[C@@H](O[C@@H]3O[C@H](CO[C@H]4O[C@H](CO)[C@@H](O)[C@H](O)[C@@H]4O[C@@H]4O[C@H](CO)[C@@H](O[C@@H]5O[C@H](CO)[C@H](O)[C@H](O)[C@H]5O)[C@H](O)[C@H]4NC(C)=O)[C@@H](O)[C@H](O[C@H]4O[C@H](CO)[C@@H](O)[C@H](O)[C@@H]4O[C@@H]4O[C@H](COS(=O)(=O)O)[C@@H](O[C@@H]5O[C@H](CO)[C@H](O)[C@H](O)[C@H]5O)[C@H](O[C@@H]5O[C@@H](C)[C@@H](O)[C@@H](O)[C@@H]5O)[C@H]4NC(C)=O)[C@@H]3O)[C@H](O)[C@H]2NC(C)=O)[C@@H](CO)O[C@H]1O. The molecule has 10 aliphatic rings. The van der Waals surface area contributed by atoms with E-state index in [1.165, 1.54) is 0 Å². The molecule has 0 unspecified atom stereocenters. The summed E-state index contributed by atoms with van der Waals surface area (Å²) in [5.74, 6) is -3.92. The van der Waals surface area contributed by atoms with E-state index in [1.807, 2.05) is 0 Å². The van der Waals surface area contributed by atoms with Crippen molar-refractivity contribution in [2.24, 2.45) is 0 Å². The van der Waals surface area contributed by atoms with Gasteiger partial charge in [-0.05, 0) is 6.92 Å². The van der Waals surface area contributed by atoms with Gasteiger partial charge in [0.25, 0.3) is 0 Å². The summed E-state index contributed by atoms with van der Waals surface area (Å²) in [6.45, 7) is -6.03. The van der Waals surface area contributed by atoms with E-state index < -0.39 is 400 Å². The monoisotopic (exact) mass is 1870 g/mol. The van der Waals surface area contributed by atoms with E-state index in [2.05, 4.69) is 21.3 Å². The van der Waals surface area contributed by atoms with Crippen LogP contribution in [0.15, 0.2) is 0 Å². The van der Waals surface area contributed by atoms with E-state index in [-0.39, 0.29) is 0 Å². The average Bonchev–Trinajstić information content (AvgIpc) is 0.760. The molecule has 10 saturated heterocycles. The van der Waals surface area contributed by atoms with Crippen molar-refractivity contribution in [3.8, 4) is 0 Å². The third-order valence-electron chi connectivity index (χ3n) is 22.6. The van der Waals surface area contributed by atoms with Gasteiger partial charge in [0, 0.05) is 27.7 Å². The standard InChI is InChI=1S/C68H114N4O53S/c1-15-33(84)42(93)47(98)63(108-15)122-55-32(72-19(5)83)62(117-28(14-107-126(103,104)105)54(55)121-65-49(100)44(95)35(86)21(7-74)111-65)125-58-46(97)37(88)23(9-76)113-68(58)123-56-38(89)27(116-66(50(56)101)120-53-26(12-79)114-60(30(40(53)91)70-17(3)81)118-51-24(10-77)109-59(102)29(39(51)90)69-16(2)80)13-106-67-57(45(96)36(87)22(8-75)112-67)124-61-31(71-18(4)82)41(92)52(25(11-78)115-61)119-64-48(99)43(94)34(85)20(6-73)110-64/h15,20-68,73-79,84-102H,6-14H2,1-5H3,(H,69,80)(H,70,81)(H,71,82)(H,72,83)(H,103,104,105)/t15-,20+,21+,22+,23+,24+,25+,26+,27+,28+,29+,30+,31+,32+,33+,34-,35-,36+,37+,38+,39+,40+,41+,42+,43-,44-,45-,46-,47-,48+,49+,50-,51+,52+,53+,54+,55+,56-,57-,58-,59+,60-,61-,62-,63-,64-,65-,66-,67-,68+/m0/s1. The summed E-state index contributed by atoms with van der Waals surface area (Å²) in [7, 11) is -5.65. The summed E-state index contributed by atoms with van der Waals surface area (Å²) >= 11 is 0. The lowest BCUT2D eigenvalue weighted by Gasteiger charge is -2.52. The lowest BCUT2D eigenvalue weighted by atomic mass is 9.93. The average molecular weight is 1870 g/mol. The van der Waals surface area contributed by atoms with Gasteiger partial charge in [0.15, 0.2) is 62.9 Å². The van der Waals surface area contributed by atoms with E-state index in [0.29, 0.717) is 0 Å². The van der Waals surface area contributed by atoms with E-state index in [0.717, 1.165) is 34.6 Å². The molecule has 0 aromatic carbocycles. The van der Waals surface area contributed by atoms with Gasteiger partial charge in [-0.3, -0.25) is 23.7 Å². The Bertz CT molecular complexity index is 3570. The van der Waals surface area contributed by atoms with Gasteiger partial charge in [-0.2, -0.15) is 8.42 Å². The zero-order chi connectivity index (χ0) is 93.0. The van der Waals surface area contributed by atoms with Gasteiger partial charge in [-0.25, -0.2) is 4.18 Å². The normalized spacial score (nSPS) is 48.6. The number of carbonyl (C=O) groups is 4. The lowest BCUT2D eigenvalue weighted by molar-refractivity contribution is -0.403. The molecule has 0 aliphatic carbocycles. The zero-order valence-corrected chi connectivity index (χ0v) is 68.1. The molecule has 10 aliphatic heterocycles. The fraction of sp³-hybridized carbons (Fsp3) is 0.941. The Balaban J connectivity index is 1.03. The van der Waals surface area contributed by atoms with Crippen LogP contribution < -0.4 is 21.3 Å². The number of rotatable bonds is 33. The molecule has 50 atom stereocenters. The van der Waals surface area contributed by atoms with E-state index in [1.54, 1.807) is 0 Å². The second-order valence-corrected chi connectivity index (χ2v) is 32.6. The van der Waals surface area contributed by atoms with Crippen LogP contribution in [0.4, 0.5) is 0 Å². The Hall–Kier alpha value is -4.05. The Morgan fingerprint density at radius 1 is 0.262 bits per heavy atom. The van der Waals surface area contributed by atoms with Crippen LogP contribution in [0.2, 0.25) is 0 Å². The molecule has 0 saturated carbocycles. The first-order valence-electron chi connectivity index (χ1n) is 39.7. The molecular formula is C68H114N4O53S. The highest BCUT2D eigenvalue weighted by Crippen LogP contribution is 2.42. The molecule has 31 N–H and O–H groups in total. The second kappa shape index (κ2) is 44.9. The van der Waals surface area contributed by atoms with Crippen molar-refractivity contribution in [1.82, 2.24) is 21.3 Å². The lowest BCUT2D eigenvalue weighted by Crippen LogP contribution is -2.71. The summed E-state index contributed by atoms with van der Waals surface area (Å²) in [6, 6.07) is -7.90. The number of carbonyl (C=O) groups excluding carboxylic acids is 4. The number of hydrogen-bond donors (Lipinski definition) is 31. The first-order chi connectivity index (χ1) is 59.3. The molecule has 0 spiro atoms. The quantitative estimate of drug-likeness (QED) is 0.0271. The first kappa shape index (κ1) is 104. The van der Waals surface area contributed by atoms with Crippen molar-refractivity contribution in [3.05, 3.63) is 0 Å². The van der Waals surface area contributed by atoms with Crippen molar-refractivity contribution in [2.75, 3.05) is 59.5 Å². The smallest absolute Gasteiger partial charge is 0.394 e. The molecule has 10 heterocycles. The minimum atomic E-state index is -5.65. The van der Waals surface area contributed by atoms with Crippen LogP contribution in [0.1, 0.15) is 34.6 Å². The molecule has 57 nitrogen and oxygen atoms in total. The fourth-order valence-electron chi connectivity index (χ4n) is 16.0. The van der Waals surface area contributed by atoms with Gasteiger partial charge < -0.3 is 244 Å². The van der Waals surface area contributed by atoms with Crippen molar-refractivity contribution < 1.29 is 259 Å². The van der Waals surface area contributed by atoms with Gasteiger partial charge in [0.1, 0.15) is 238 Å². The van der Waals surface area contributed by atoms with E-state index in [4.69, 9.17) is 94.2 Å². The zero-order valence-electron chi connectivity index (χ0n) is 67.3. The number of hydrogen-bond acceptors (Lipinski definition) is 52. The Morgan fingerprint density at radius 2 is 0.563 bits per heavy atom. The Kier molecular flexibility index (Phi) is 37.0. The summed E-state index contributed by atoms with van der Waals surface area (Å²) in [6.07, 6.45) is -101. The third-order valence-corrected chi connectivity index (χ3v) is 23.1. The molecule has 0 aromatic heterocycles. The Morgan fingerprint density at radius 3 is 1.00 bits per heavy atom. The predicted molar refractivity (Wildman–Crippen MR) is 385 cm³/mol. The van der Waals surface area contributed by atoms with Gasteiger partial charge in [-0.15, -0.1) is 0 Å². The number of ether oxygens (including phenoxy) is 19. The molecule has 58 heteroatoms. The molecule has 10 fully saturated rings. The molecular weight excluding hydrogens is 1750 g/mol. The van der Waals surface area contributed by atoms with Gasteiger partial charge in [-0.1, -0.05) is 0 Å². The van der Waals surface area contributed by atoms with E-state index >= 15 is 0 Å². The summed E-state index contributed by atoms with van der Waals surface area (Å²) in [4.78, 5) is 51.9. The van der Waals surface area contributed by atoms with Crippen molar-refractivity contribution in [1.29, 1.82) is 0 Å². The highest BCUT2D eigenvalue weighted by Gasteiger charge is 2.63. The molecule has 0 bridgehead atoms. The van der Waals surface area contributed by atoms with Crippen LogP contribution in [-0.2, 0) is 124 Å². The van der Waals surface area contributed by atoms with Crippen molar-refractivity contribution in [3.63, 3.8) is 0 Å². The molecule has 10 rings (SSSR count). The summed E-state index contributed by atoms with van der Waals surface area (Å²) in [5, 5.41) is 301. The van der Waals surface area contributed by atoms with Crippen LogP contribution in [-0.4, -0.2) is 536 Å². The number of amides is 4. The van der Waals surface area contributed by atoms with Crippen LogP contribution >= 0.6 is 0 Å². The van der Waals surface area contributed by atoms with Crippen LogP contribution in [0, 0.1) is 0 Å². The number of aliphatic hydroxyl groups is 26. The van der Waals surface area contributed by atoms with Crippen LogP contribution in [0.25, 0.3) is 0 Å². The molecule has 0 aromatic rings. The third kappa shape index (κ3) is 23.5. The van der Waals surface area contributed by atoms with Gasteiger partial charge in [0.2, 0.25) is 23.6 Å². The maximum absolute atomic E-state index is 13.6. The number of aliphatic hydroxyl groups excluding tert-OH is 26. The second-order valence-electron chi connectivity index (χ2n) is 31.5. The van der Waals surface area contributed by atoms with Gasteiger partial charge >= 0.3 is 10.4 Å². The Labute approximate surface area is 713 Å². The topological polar surface area (TPSA) is 881 Å². The van der Waals surface area contributed by atoms with Gasteiger partial charge in [0.05, 0.1) is 65.6 Å². The molecule has 730 valence electrons. The molecule has 0 radical (unpaired) electrons. The minimum Gasteiger partial charge on any atom is -0.394 e. The summed E-state index contributed by atoms with van der Waals surface area (Å²) in [5.41, 5.74) is 0. The molecule has 4 amide bonds. The molecule has 126 heavy (non-hydrogen) atoms.